The van der Waals surface area contributed by atoms with Gasteiger partial charge in [0.25, 0.3) is 0 Å². The molecule has 0 saturated heterocycles. The Kier molecular flexibility index (Phi) is 5.95. The van der Waals surface area contributed by atoms with Crippen molar-refractivity contribution in [1.82, 2.24) is 4.31 Å². The second kappa shape index (κ2) is 7.04. The van der Waals surface area contributed by atoms with Crippen molar-refractivity contribution in [3.05, 3.63) is 24.0 Å². The van der Waals surface area contributed by atoms with Crippen molar-refractivity contribution in [1.29, 1.82) is 0 Å². The number of unbranched alkanes of at least 4 members (excludes halogenated alkanes) is 2. The molecule has 0 aliphatic carbocycles. The summed E-state index contributed by atoms with van der Waals surface area (Å²) in [5.74, 6) is -0.800. The molecule has 2 N–H and O–H groups in total. The molecular weight excluding hydrogens is 279 g/mol. The molecule has 0 aromatic heterocycles. The maximum Gasteiger partial charge on any atom is 0.246 e. The van der Waals surface area contributed by atoms with Gasteiger partial charge in [-0.15, -0.1) is 0 Å². The van der Waals surface area contributed by atoms with Gasteiger partial charge in [0.15, 0.2) is 0 Å². The largest absolute Gasteiger partial charge is 0.399 e. The molecule has 6 heteroatoms. The van der Waals surface area contributed by atoms with Crippen LogP contribution in [0, 0.1) is 5.82 Å². The Balaban J connectivity index is 3.09. The number of nitrogens with two attached hydrogens (primary N) is 1. The summed E-state index contributed by atoms with van der Waals surface area (Å²) in [5.41, 5.74) is 5.67. The minimum atomic E-state index is -3.83. The quantitative estimate of drug-likeness (QED) is 0.622. The first kappa shape index (κ1) is 16.9. The van der Waals surface area contributed by atoms with Crippen LogP contribution in [0.3, 0.4) is 0 Å². The number of anilines is 1. The number of sulfonamides is 1. The van der Waals surface area contributed by atoms with E-state index in [1.807, 2.05) is 6.92 Å². The molecule has 0 radical (unpaired) electrons. The SMILES string of the molecule is CCCCCN(C(C)C)S(=O)(=O)c1ccc(N)cc1F. The lowest BCUT2D eigenvalue weighted by atomic mass is 10.2. The van der Waals surface area contributed by atoms with E-state index in [4.69, 9.17) is 5.73 Å². The third-order valence-electron chi connectivity index (χ3n) is 3.10. The number of benzene rings is 1. The van der Waals surface area contributed by atoms with Crippen LogP contribution in [-0.4, -0.2) is 25.3 Å². The van der Waals surface area contributed by atoms with Gasteiger partial charge in [-0.3, -0.25) is 0 Å². The number of halogens is 1. The van der Waals surface area contributed by atoms with Crippen LogP contribution in [0.5, 0.6) is 0 Å². The lowest BCUT2D eigenvalue weighted by Gasteiger charge is -2.26. The van der Waals surface area contributed by atoms with Crippen molar-refractivity contribution in [3.8, 4) is 0 Å². The van der Waals surface area contributed by atoms with Crippen molar-refractivity contribution in [2.45, 2.75) is 51.0 Å². The highest BCUT2D eigenvalue weighted by Gasteiger charge is 2.29. The van der Waals surface area contributed by atoms with Gasteiger partial charge in [-0.1, -0.05) is 19.8 Å². The molecule has 0 spiro atoms. The van der Waals surface area contributed by atoms with Crippen LogP contribution in [0.2, 0.25) is 0 Å². The second-order valence-electron chi connectivity index (χ2n) is 5.11. The van der Waals surface area contributed by atoms with Gasteiger partial charge >= 0.3 is 0 Å². The van der Waals surface area contributed by atoms with E-state index in [0.717, 1.165) is 25.3 Å². The first-order valence-corrected chi connectivity index (χ1v) is 8.31. The highest BCUT2D eigenvalue weighted by atomic mass is 32.2. The fraction of sp³-hybridized carbons (Fsp3) is 0.571. The van der Waals surface area contributed by atoms with Crippen LogP contribution in [0.1, 0.15) is 40.0 Å². The van der Waals surface area contributed by atoms with Crippen molar-refractivity contribution < 1.29 is 12.8 Å². The Labute approximate surface area is 120 Å². The molecule has 0 heterocycles. The van der Waals surface area contributed by atoms with E-state index in [1.165, 1.54) is 16.4 Å². The van der Waals surface area contributed by atoms with Crippen LogP contribution in [-0.2, 0) is 10.0 Å². The standard InChI is InChI=1S/C14H23FN2O2S/c1-4-5-6-9-17(11(2)3)20(18,19)14-8-7-12(16)10-13(14)15/h7-8,10-11H,4-6,9,16H2,1-3H3. The Morgan fingerprint density at radius 3 is 2.45 bits per heavy atom. The predicted molar refractivity (Wildman–Crippen MR) is 79.4 cm³/mol. The lowest BCUT2D eigenvalue weighted by Crippen LogP contribution is -2.38. The molecule has 0 aliphatic heterocycles. The summed E-state index contributed by atoms with van der Waals surface area (Å²) >= 11 is 0. The first-order valence-electron chi connectivity index (χ1n) is 6.87. The van der Waals surface area contributed by atoms with Crippen LogP contribution in [0.15, 0.2) is 23.1 Å². The first-order chi connectivity index (χ1) is 9.30. The number of hydrogen-bond donors (Lipinski definition) is 1. The minimum absolute atomic E-state index is 0.212. The zero-order valence-electron chi connectivity index (χ0n) is 12.3. The highest BCUT2D eigenvalue weighted by Crippen LogP contribution is 2.23. The molecule has 0 saturated carbocycles. The van der Waals surface area contributed by atoms with Crippen LogP contribution >= 0.6 is 0 Å². The van der Waals surface area contributed by atoms with Crippen molar-refractivity contribution in [2.75, 3.05) is 12.3 Å². The van der Waals surface area contributed by atoms with E-state index in [1.54, 1.807) is 13.8 Å². The molecular formula is C14H23FN2O2S. The molecule has 1 aromatic carbocycles. The molecule has 0 bridgehead atoms. The summed E-state index contributed by atoms with van der Waals surface area (Å²) in [6.07, 6.45) is 2.72. The van der Waals surface area contributed by atoms with Gasteiger partial charge < -0.3 is 5.73 Å². The molecule has 0 atom stereocenters. The third-order valence-corrected chi connectivity index (χ3v) is 5.21. The molecule has 1 rings (SSSR count). The molecule has 1 aromatic rings. The normalized spacial score (nSPS) is 12.3. The molecule has 0 fully saturated rings. The summed E-state index contributed by atoms with van der Waals surface area (Å²) in [5, 5.41) is 0. The average Bonchev–Trinajstić information content (AvgIpc) is 2.33. The maximum absolute atomic E-state index is 13.9. The monoisotopic (exact) mass is 302 g/mol. The molecule has 0 amide bonds. The van der Waals surface area contributed by atoms with Crippen LogP contribution in [0.4, 0.5) is 10.1 Å². The van der Waals surface area contributed by atoms with Crippen molar-refractivity contribution >= 4 is 15.7 Å². The third kappa shape index (κ3) is 3.93. The summed E-state index contributed by atoms with van der Waals surface area (Å²) < 4.78 is 40.3. The molecule has 0 unspecified atom stereocenters. The fourth-order valence-electron chi connectivity index (χ4n) is 2.03. The zero-order chi connectivity index (χ0) is 15.3. The molecule has 20 heavy (non-hydrogen) atoms. The highest BCUT2D eigenvalue weighted by molar-refractivity contribution is 7.89. The van der Waals surface area contributed by atoms with Crippen molar-refractivity contribution in [2.24, 2.45) is 0 Å². The van der Waals surface area contributed by atoms with E-state index < -0.39 is 15.8 Å². The van der Waals surface area contributed by atoms with Gasteiger partial charge in [-0.25, -0.2) is 12.8 Å². The molecule has 4 nitrogen and oxygen atoms in total. The zero-order valence-corrected chi connectivity index (χ0v) is 13.1. The van der Waals surface area contributed by atoms with E-state index in [-0.39, 0.29) is 16.6 Å². The van der Waals surface area contributed by atoms with E-state index in [2.05, 4.69) is 0 Å². The number of hydrogen-bond acceptors (Lipinski definition) is 3. The van der Waals surface area contributed by atoms with Gasteiger partial charge in [0.2, 0.25) is 10.0 Å². The minimum Gasteiger partial charge on any atom is -0.399 e. The summed E-state index contributed by atoms with van der Waals surface area (Å²) in [6.45, 7) is 6.03. The van der Waals surface area contributed by atoms with E-state index in [9.17, 15) is 12.8 Å². The number of rotatable bonds is 7. The number of nitrogens with zero attached hydrogens (tertiary/aromatic N) is 1. The lowest BCUT2D eigenvalue weighted by molar-refractivity contribution is 0.344. The molecule has 114 valence electrons. The molecule has 0 aliphatic rings. The Hall–Kier alpha value is -1.14. The van der Waals surface area contributed by atoms with Gasteiger partial charge in [-0.05, 0) is 38.5 Å². The Bertz CT molecular complexity index is 544. The van der Waals surface area contributed by atoms with Crippen LogP contribution < -0.4 is 5.73 Å². The smallest absolute Gasteiger partial charge is 0.246 e. The van der Waals surface area contributed by atoms with Gasteiger partial charge in [0.05, 0.1) is 0 Å². The summed E-state index contributed by atoms with van der Waals surface area (Å²) in [6, 6.07) is 3.46. The van der Waals surface area contributed by atoms with E-state index in [0.29, 0.717) is 6.54 Å². The van der Waals surface area contributed by atoms with Gasteiger partial charge in [-0.2, -0.15) is 4.31 Å². The van der Waals surface area contributed by atoms with Crippen molar-refractivity contribution in [3.63, 3.8) is 0 Å². The Morgan fingerprint density at radius 1 is 1.30 bits per heavy atom. The second-order valence-corrected chi connectivity index (χ2v) is 6.97. The van der Waals surface area contributed by atoms with E-state index >= 15 is 0 Å². The van der Waals surface area contributed by atoms with Gasteiger partial charge in [0.1, 0.15) is 10.7 Å². The average molecular weight is 302 g/mol. The summed E-state index contributed by atoms with van der Waals surface area (Å²) in [7, 11) is -3.83. The number of nitrogen functional groups attached to an aromatic ring is 1. The topological polar surface area (TPSA) is 63.4 Å². The Morgan fingerprint density at radius 2 is 1.95 bits per heavy atom. The van der Waals surface area contributed by atoms with Crippen LogP contribution in [0.25, 0.3) is 0 Å². The maximum atomic E-state index is 13.9. The van der Waals surface area contributed by atoms with Gasteiger partial charge in [0, 0.05) is 18.3 Å². The fourth-order valence-corrected chi connectivity index (χ4v) is 3.75. The summed E-state index contributed by atoms with van der Waals surface area (Å²) in [4.78, 5) is -0.308. The predicted octanol–water partition coefficient (Wildman–Crippen LogP) is 3.00.